The normalized spacial score (nSPS) is 22.9. The molecule has 2 aliphatic rings. The molecule has 22 heavy (non-hydrogen) atoms. The number of rotatable bonds is 4. The number of likely N-dealkylation sites (tertiary alicyclic amines) is 1. The van der Waals surface area contributed by atoms with Gasteiger partial charge < -0.3 is 4.90 Å². The fourth-order valence-corrected chi connectivity index (χ4v) is 3.82. The van der Waals surface area contributed by atoms with Crippen molar-refractivity contribution in [1.82, 2.24) is 9.88 Å². The van der Waals surface area contributed by atoms with Gasteiger partial charge in [-0.1, -0.05) is 0 Å². The van der Waals surface area contributed by atoms with Crippen LogP contribution in [-0.2, 0) is 9.59 Å². The van der Waals surface area contributed by atoms with Crippen molar-refractivity contribution in [3.05, 3.63) is 16.1 Å². The highest BCUT2D eigenvalue weighted by Crippen LogP contribution is 2.33. The molecule has 0 N–H and O–H groups in total. The lowest BCUT2D eigenvalue weighted by atomic mass is 9.87. The molecule has 116 valence electrons. The zero-order chi connectivity index (χ0) is 15.7. The minimum absolute atomic E-state index is 0.0786. The summed E-state index contributed by atoms with van der Waals surface area (Å²) in [6.07, 6.45) is 3.56. The topological polar surface area (TPSA) is 74.1 Å². The minimum atomic E-state index is -0.792. The molecule has 0 bridgehead atoms. The lowest BCUT2D eigenvalue weighted by Gasteiger charge is -2.32. The Morgan fingerprint density at radius 3 is 2.77 bits per heavy atom. The monoisotopic (exact) mass is 317 g/mol. The number of aryl methyl sites for hydroxylation is 1. The summed E-state index contributed by atoms with van der Waals surface area (Å²) in [7, 11) is 0. The van der Waals surface area contributed by atoms with E-state index in [4.69, 9.17) is 0 Å². The molecule has 1 amide bonds. The average molecular weight is 317 g/mol. The number of amides is 1. The van der Waals surface area contributed by atoms with Crippen molar-refractivity contribution < 1.29 is 9.59 Å². The second-order valence-electron chi connectivity index (χ2n) is 6.19. The van der Waals surface area contributed by atoms with E-state index in [0.29, 0.717) is 11.6 Å². The zero-order valence-corrected chi connectivity index (χ0v) is 13.4. The number of nitrogens with zero attached hydrogens (tertiary/aromatic N) is 3. The van der Waals surface area contributed by atoms with E-state index in [-0.39, 0.29) is 23.5 Å². The largest absolute Gasteiger partial charge is 0.342 e. The first-order chi connectivity index (χ1) is 10.6. The Kier molecular flexibility index (Phi) is 4.25. The first kappa shape index (κ1) is 15.2. The third kappa shape index (κ3) is 3.05. The molecule has 1 saturated carbocycles. The Morgan fingerprint density at radius 1 is 1.41 bits per heavy atom. The number of aromatic nitrogens is 1. The lowest BCUT2D eigenvalue weighted by Crippen LogP contribution is -2.43. The Bertz CT molecular complexity index is 630. The fraction of sp³-hybridized carbons (Fsp3) is 0.625. The second kappa shape index (κ2) is 6.17. The Balaban J connectivity index is 1.70. The smallest absolute Gasteiger partial charge is 0.225 e. The van der Waals surface area contributed by atoms with Gasteiger partial charge in [-0.15, -0.1) is 11.3 Å². The molecule has 0 radical (unpaired) electrons. The number of hydrogen-bond donors (Lipinski definition) is 0. The van der Waals surface area contributed by atoms with Crippen molar-refractivity contribution >= 4 is 23.0 Å². The van der Waals surface area contributed by atoms with Gasteiger partial charge in [0.2, 0.25) is 5.91 Å². The van der Waals surface area contributed by atoms with Gasteiger partial charge in [0.05, 0.1) is 6.07 Å². The van der Waals surface area contributed by atoms with E-state index in [1.165, 1.54) is 11.3 Å². The van der Waals surface area contributed by atoms with Crippen LogP contribution in [0.2, 0.25) is 0 Å². The van der Waals surface area contributed by atoms with Crippen LogP contribution in [0.1, 0.15) is 42.3 Å². The third-order valence-corrected chi connectivity index (χ3v) is 5.39. The maximum atomic E-state index is 12.7. The third-order valence-electron chi connectivity index (χ3n) is 4.36. The maximum Gasteiger partial charge on any atom is 0.225 e. The first-order valence-electron chi connectivity index (χ1n) is 7.74. The summed E-state index contributed by atoms with van der Waals surface area (Å²) >= 11 is 1.36. The molecule has 1 aliphatic heterocycles. The van der Waals surface area contributed by atoms with E-state index in [1.807, 2.05) is 17.2 Å². The molecule has 2 fully saturated rings. The maximum absolute atomic E-state index is 12.7. The molecule has 1 aromatic rings. The quantitative estimate of drug-likeness (QED) is 0.854. The van der Waals surface area contributed by atoms with Gasteiger partial charge >= 0.3 is 0 Å². The van der Waals surface area contributed by atoms with Gasteiger partial charge in [-0.3, -0.25) is 9.59 Å². The first-order valence-corrected chi connectivity index (χ1v) is 8.62. The number of carbonyl (C=O) groups excluding carboxylic acids is 2. The molecule has 2 heterocycles. The van der Waals surface area contributed by atoms with E-state index in [0.717, 1.165) is 37.9 Å². The van der Waals surface area contributed by atoms with E-state index < -0.39 is 5.92 Å². The van der Waals surface area contributed by atoms with E-state index in [9.17, 15) is 14.9 Å². The Morgan fingerprint density at radius 2 is 2.18 bits per heavy atom. The summed E-state index contributed by atoms with van der Waals surface area (Å²) < 4.78 is 0. The Hall–Kier alpha value is -1.74. The highest BCUT2D eigenvalue weighted by Gasteiger charge is 2.38. The number of ketones is 1. The molecule has 1 aliphatic carbocycles. The van der Waals surface area contributed by atoms with Crippen LogP contribution < -0.4 is 0 Å². The summed E-state index contributed by atoms with van der Waals surface area (Å²) in [6.45, 7) is 3.07. The lowest BCUT2D eigenvalue weighted by molar-refractivity contribution is -0.136. The van der Waals surface area contributed by atoms with Crippen molar-refractivity contribution in [2.24, 2.45) is 11.8 Å². The number of piperidine rings is 1. The van der Waals surface area contributed by atoms with E-state index in [2.05, 4.69) is 11.1 Å². The van der Waals surface area contributed by atoms with Gasteiger partial charge in [0.25, 0.3) is 0 Å². The molecule has 0 spiro atoms. The van der Waals surface area contributed by atoms with Gasteiger partial charge in [-0.2, -0.15) is 5.26 Å². The summed E-state index contributed by atoms with van der Waals surface area (Å²) in [5, 5.41) is 11.8. The molecular weight excluding hydrogens is 298 g/mol. The fourth-order valence-electron chi connectivity index (χ4n) is 2.98. The number of nitriles is 1. The molecule has 1 saturated heterocycles. The van der Waals surface area contributed by atoms with Crippen molar-refractivity contribution in [2.75, 3.05) is 13.1 Å². The molecule has 2 atom stereocenters. The van der Waals surface area contributed by atoms with Crippen LogP contribution in [0.15, 0.2) is 5.38 Å². The zero-order valence-electron chi connectivity index (χ0n) is 12.6. The van der Waals surface area contributed by atoms with Crippen molar-refractivity contribution in [1.29, 1.82) is 5.26 Å². The molecular formula is C16H19N3O2S. The summed E-state index contributed by atoms with van der Waals surface area (Å²) in [5.41, 5.74) is 0.835. The van der Waals surface area contributed by atoms with Crippen LogP contribution in [0.25, 0.3) is 0 Å². The molecule has 6 heteroatoms. The van der Waals surface area contributed by atoms with Gasteiger partial charge in [-0.25, -0.2) is 4.98 Å². The number of carbonyl (C=O) groups is 2. The van der Waals surface area contributed by atoms with Crippen molar-refractivity contribution in [3.63, 3.8) is 0 Å². The van der Waals surface area contributed by atoms with Crippen LogP contribution >= 0.6 is 11.3 Å². The van der Waals surface area contributed by atoms with Gasteiger partial charge in [-0.05, 0) is 32.6 Å². The molecule has 1 aromatic heterocycles. The standard InChI is InChI=1S/C16H19N3O2S/c1-10-9-22-15(18-10)13(7-17)14(20)12-3-2-6-19(8-12)16(21)11-4-5-11/h9,11-13H,2-6,8H2,1H3/t12-,13-/m0/s1. The van der Waals surface area contributed by atoms with Crippen LogP contribution in [0.3, 0.4) is 0 Å². The molecule has 0 unspecified atom stereocenters. The number of thiazole rings is 1. The minimum Gasteiger partial charge on any atom is -0.342 e. The van der Waals surface area contributed by atoms with Crippen LogP contribution in [-0.4, -0.2) is 34.7 Å². The predicted molar refractivity (Wildman–Crippen MR) is 82.2 cm³/mol. The summed E-state index contributed by atoms with van der Waals surface area (Å²) in [4.78, 5) is 31.0. The number of Topliss-reactive ketones (excluding diaryl/α,β-unsaturated/α-hetero) is 1. The SMILES string of the molecule is Cc1csc([C@@H](C#N)C(=O)[C@H]2CCCN(C(=O)C3CC3)C2)n1. The van der Waals surface area contributed by atoms with E-state index in [1.54, 1.807) is 0 Å². The van der Waals surface area contributed by atoms with Crippen LogP contribution in [0, 0.1) is 30.1 Å². The molecule has 5 nitrogen and oxygen atoms in total. The van der Waals surface area contributed by atoms with Gasteiger partial charge in [0, 0.05) is 36.0 Å². The van der Waals surface area contributed by atoms with Gasteiger partial charge in [0.1, 0.15) is 5.01 Å². The Labute approximate surface area is 133 Å². The highest BCUT2D eigenvalue weighted by atomic mass is 32.1. The number of hydrogen-bond acceptors (Lipinski definition) is 5. The second-order valence-corrected chi connectivity index (χ2v) is 7.08. The molecule has 0 aromatic carbocycles. The van der Waals surface area contributed by atoms with Crippen molar-refractivity contribution in [3.8, 4) is 6.07 Å². The predicted octanol–water partition coefficient (Wildman–Crippen LogP) is 2.28. The van der Waals surface area contributed by atoms with Crippen LogP contribution in [0.4, 0.5) is 0 Å². The van der Waals surface area contributed by atoms with E-state index >= 15 is 0 Å². The summed E-state index contributed by atoms with van der Waals surface area (Å²) in [6, 6.07) is 2.10. The molecule has 3 rings (SSSR count). The average Bonchev–Trinajstić information content (AvgIpc) is 3.30. The highest BCUT2D eigenvalue weighted by molar-refractivity contribution is 7.09. The van der Waals surface area contributed by atoms with Gasteiger partial charge in [0.15, 0.2) is 11.7 Å². The van der Waals surface area contributed by atoms with Crippen LogP contribution in [0.5, 0.6) is 0 Å². The summed E-state index contributed by atoms with van der Waals surface area (Å²) in [5.74, 6) is -0.728. The van der Waals surface area contributed by atoms with Crippen molar-refractivity contribution in [2.45, 2.75) is 38.5 Å².